The van der Waals surface area contributed by atoms with Crippen molar-refractivity contribution in [2.45, 2.75) is 80.1 Å². The quantitative estimate of drug-likeness (QED) is 0.176. The van der Waals surface area contributed by atoms with Gasteiger partial charge >= 0.3 is 11.9 Å². The molecule has 48 heavy (non-hydrogen) atoms. The van der Waals surface area contributed by atoms with Crippen molar-refractivity contribution in [3.8, 4) is 6.07 Å². The van der Waals surface area contributed by atoms with Crippen molar-refractivity contribution in [2.75, 3.05) is 14.2 Å². The molecular weight excluding hydrogens is 602 g/mol. The molecule has 0 atom stereocenters. The van der Waals surface area contributed by atoms with E-state index in [-0.39, 0.29) is 24.8 Å². The highest BCUT2D eigenvalue weighted by Gasteiger charge is 2.24. The summed E-state index contributed by atoms with van der Waals surface area (Å²) in [4.78, 5) is 42.2. The Balaban J connectivity index is 1.99. The van der Waals surface area contributed by atoms with Crippen LogP contribution in [0.3, 0.4) is 0 Å². The number of aromatic nitrogens is 4. The lowest BCUT2D eigenvalue weighted by molar-refractivity contribution is -0.141. The molecule has 2 aliphatic rings. The second-order valence-electron chi connectivity index (χ2n) is 12.2. The molecule has 2 aliphatic heterocycles. The third-order valence-corrected chi connectivity index (χ3v) is 9.61. The van der Waals surface area contributed by atoms with E-state index >= 15 is 0 Å². The number of carbonyl (C=O) groups is 2. The number of nitriles is 1. The Kier molecular flexibility index (Phi) is 10.1. The molecule has 0 saturated heterocycles. The molecule has 9 nitrogen and oxygen atoms in total. The Hall–Kier alpha value is -5.23. The Morgan fingerprint density at radius 3 is 1.77 bits per heavy atom. The van der Waals surface area contributed by atoms with Gasteiger partial charge in [0.2, 0.25) is 0 Å². The smallest absolute Gasteiger partial charge is 0.305 e. The highest BCUT2D eigenvalue weighted by Crippen LogP contribution is 2.40. The summed E-state index contributed by atoms with van der Waals surface area (Å²) in [5, 5.41) is 9.57. The molecule has 0 radical (unpaired) electrons. The Morgan fingerprint density at radius 1 is 0.750 bits per heavy atom. The zero-order valence-electron chi connectivity index (χ0n) is 29.1. The Labute approximate surface area is 281 Å². The molecule has 5 rings (SSSR count). The van der Waals surface area contributed by atoms with Gasteiger partial charge in [-0.05, 0) is 122 Å². The van der Waals surface area contributed by atoms with E-state index in [9.17, 15) is 14.9 Å². The van der Waals surface area contributed by atoms with Crippen LogP contribution in [0.4, 0.5) is 0 Å². The SMILES string of the molecule is CCC1=C(C)c2nc1cc1[nH]c(cc3[nH]c(cc4nc(c2C=CC#N)C(CC)=C4C)c(C)c3CCC(=O)OC)c(CCC(=O)OC)c1C. The van der Waals surface area contributed by atoms with Gasteiger partial charge in [-0.1, -0.05) is 13.8 Å². The van der Waals surface area contributed by atoms with Crippen LogP contribution in [0, 0.1) is 25.2 Å². The summed E-state index contributed by atoms with van der Waals surface area (Å²) >= 11 is 0. The molecule has 0 unspecified atom stereocenters. The van der Waals surface area contributed by atoms with Crippen molar-refractivity contribution in [1.29, 1.82) is 5.26 Å². The Bertz CT molecular complexity index is 2120. The van der Waals surface area contributed by atoms with Gasteiger partial charge in [0.25, 0.3) is 0 Å². The normalized spacial score (nSPS) is 13.0. The summed E-state index contributed by atoms with van der Waals surface area (Å²) < 4.78 is 9.95. The second kappa shape index (κ2) is 14.3. The van der Waals surface area contributed by atoms with Crippen molar-refractivity contribution in [3.05, 3.63) is 74.9 Å². The first kappa shape index (κ1) is 34.1. The van der Waals surface area contributed by atoms with E-state index in [0.29, 0.717) is 12.8 Å². The van der Waals surface area contributed by atoms with Crippen molar-refractivity contribution >= 4 is 62.4 Å². The van der Waals surface area contributed by atoms with Crippen LogP contribution in [-0.2, 0) is 31.9 Å². The summed E-state index contributed by atoms with van der Waals surface area (Å²) in [6.45, 7) is 12.5. The first-order valence-corrected chi connectivity index (χ1v) is 16.4. The maximum atomic E-state index is 12.3. The summed E-state index contributed by atoms with van der Waals surface area (Å²) in [5.74, 6) is -0.556. The zero-order chi connectivity index (χ0) is 34.7. The van der Waals surface area contributed by atoms with Gasteiger partial charge in [-0.15, -0.1) is 0 Å². The van der Waals surface area contributed by atoms with E-state index in [0.717, 1.165) is 108 Å². The van der Waals surface area contributed by atoms with Crippen LogP contribution in [0.1, 0.15) is 104 Å². The number of fused-ring (bicyclic) bond motifs is 8. The summed E-state index contributed by atoms with van der Waals surface area (Å²) in [6, 6.07) is 8.37. The van der Waals surface area contributed by atoms with Crippen LogP contribution in [0.5, 0.6) is 0 Å². The fourth-order valence-electron chi connectivity index (χ4n) is 6.84. The molecule has 3 aromatic rings. The van der Waals surface area contributed by atoms with Gasteiger partial charge < -0.3 is 19.4 Å². The number of hydrogen-bond acceptors (Lipinski definition) is 7. The lowest BCUT2D eigenvalue weighted by atomic mass is 9.96. The number of esters is 2. The standard InChI is InChI=1S/C39H43N5O4/c1-9-25-24(6)38-29(12-11-17-40)39-26(10-2)21(3)32(43-39)18-30-22(4)27(13-15-36(45)47-7)34(41-30)20-35-28(14-16-37(46)48-8)23(5)31(42-35)19-33(25)44-38/h11-12,18-20,41-42H,9-10,13-16H2,1-8H3. The van der Waals surface area contributed by atoms with Crippen molar-refractivity contribution in [2.24, 2.45) is 0 Å². The third kappa shape index (κ3) is 6.35. The van der Waals surface area contributed by atoms with E-state index in [1.54, 1.807) is 0 Å². The van der Waals surface area contributed by atoms with Crippen molar-refractivity contribution in [3.63, 3.8) is 0 Å². The number of hydrogen-bond donors (Lipinski definition) is 2. The molecule has 0 fully saturated rings. The zero-order valence-corrected chi connectivity index (χ0v) is 29.1. The minimum Gasteiger partial charge on any atom is -0.469 e. The molecule has 0 saturated carbocycles. The van der Waals surface area contributed by atoms with Gasteiger partial charge in [0, 0.05) is 46.5 Å². The average Bonchev–Trinajstić information content (AvgIpc) is 3.75. The van der Waals surface area contributed by atoms with Gasteiger partial charge in [0.05, 0.1) is 43.1 Å². The number of rotatable bonds is 9. The molecule has 3 aromatic heterocycles. The van der Waals surface area contributed by atoms with Crippen LogP contribution >= 0.6 is 0 Å². The predicted molar refractivity (Wildman–Crippen MR) is 191 cm³/mol. The van der Waals surface area contributed by atoms with Gasteiger partial charge in [0.15, 0.2) is 0 Å². The lowest BCUT2D eigenvalue weighted by Gasteiger charge is -2.06. The molecule has 0 amide bonds. The summed E-state index contributed by atoms with van der Waals surface area (Å²) in [6.07, 6.45) is 6.29. The summed E-state index contributed by atoms with van der Waals surface area (Å²) in [5.41, 5.74) is 16.0. The van der Waals surface area contributed by atoms with E-state index in [4.69, 9.17) is 19.4 Å². The van der Waals surface area contributed by atoms with Gasteiger partial charge in [-0.2, -0.15) is 5.26 Å². The highest BCUT2D eigenvalue weighted by atomic mass is 16.5. The first-order valence-electron chi connectivity index (χ1n) is 16.4. The van der Waals surface area contributed by atoms with Crippen molar-refractivity contribution in [1.82, 2.24) is 19.9 Å². The topological polar surface area (TPSA) is 134 Å². The molecule has 5 heterocycles. The fourth-order valence-corrected chi connectivity index (χ4v) is 6.84. The van der Waals surface area contributed by atoms with Gasteiger partial charge in [-0.3, -0.25) is 9.59 Å². The van der Waals surface area contributed by atoms with Gasteiger partial charge in [-0.25, -0.2) is 9.97 Å². The average molecular weight is 646 g/mol. The predicted octanol–water partition coefficient (Wildman–Crippen LogP) is 8.36. The number of aromatic amines is 2. The molecule has 0 spiro atoms. The lowest BCUT2D eigenvalue weighted by Crippen LogP contribution is -2.02. The minimum atomic E-state index is -0.278. The molecule has 0 aromatic carbocycles. The number of allylic oxidation sites excluding steroid dienone is 5. The van der Waals surface area contributed by atoms with Crippen LogP contribution in [0.15, 0.2) is 24.3 Å². The second-order valence-corrected chi connectivity index (χ2v) is 12.2. The number of nitrogens with zero attached hydrogens (tertiary/aromatic N) is 3. The number of nitrogens with one attached hydrogen (secondary N) is 2. The summed E-state index contributed by atoms with van der Waals surface area (Å²) in [7, 11) is 2.80. The molecule has 248 valence electrons. The maximum Gasteiger partial charge on any atom is 0.305 e. The third-order valence-electron chi connectivity index (χ3n) is 9.61. The molecule has 9 heteroatoms. The number of H-pyrrole nitrogens is 2. The van der Waals surface area contributed by atoms with E-state index < -0.39 is 0 Å². The monoisotopic (exact) mass is 645 g/mol. The largest absolute Gasteiger partial charge is 0.469 e. The number of methoxy groups -OCH3 is 2. The van der Waals surface area contributed by atoms with E-state index in [2.05, 4.69) is 75.8 Å². The number of ether oxygens (including phenoxy) is 2. The minimum absolute atomic E-state index is 0.235. The Morgan fingerprint density at radius 2 is 1.27 bits per heavy atom. The van der Waals surface area contributed by atoms with E-state index in [1.807, 2.05) is 6.08 Å². The van der Waals surface area contributed by atoms with Crippen LogP contribution in [-0.4, -0.2) is 46.1 Å². The number of aryl methyl sites for hydroxylation is 4. The van der Waals surface area contributed by atoms with Crippen LogP contribution in [0.25, 0.3) is 50.4 Å². The molecule has 8 bridgehead atoms. The molecular formula is C39H43N5O4. The van der Waals surface area contributed by atoms with Crippen molar-refractivity contribution < 1.29 is 19.1 Å². The fraction of sp³-hybridized carbons (Fsp3) is 0.359. The number of carbonyl (C=O) groups excluding carboxylic acids is 2. The molecule has 0 aliphatic carbocycles. The van der Waals surface area contributed by atoms with Crippen LogP contribution < -0.4 is 0 Å². The van der Waals surface area contributed by atoms with Gasteiger partial charge in [0.1, 0.15) is 0 Å². The first-order chi connectivity index (χ1) is 23.1. The van der Waals surface area contributed by atoms with E-state index in [1.165, 1.54) is 20.3 Å². The van der Waals surface area contributed by atoms with Crippen LogP contribution in [0.2, 0.25) is 0 Å². The maximum absolute atomic E-state index is 12.3. The molecule has 2 N–H and O–H groups in total. The highest BCUT2D eigenvalue weighted by molar-refractivity contribution is 5.99.